The number of methoxy groups -OCH3 is 1. The van der Waals surface area contributed by atoms with E-state index in [2.05, 4.69) is 4.98 Å². The average Bonchev–Trinajstić information content (AvgIpc) is 2.71. The zero-order valence-corrected chi connectivity index (χ0v) is 17.7. The second-order valence-electron chi connectivity index (χ2n) is 8.03. The van der Waals surface area contributed by atoms with Gasteiger partial charge < -0.3 is 4.74 Å². The Morgan fingerprint density at radius 1 is 1.06 bits per heavy atom. The van der Waals surface area contributed by atoms with Crippen LogP contribution >= 0.6 is 0 Å². The van der Waals surface area contributed by atoms with E-state index in [0.29, 0.717) is 11.4 Å². The summed E-state index contributed by atoms with van der Waals surface area (Å²) in [5, 5.41) is 10.8. The summed E-state index contributed by atoms with van der Waals surface area (Å²) < 4.78 is 7.06. The van der Waals surface area contributed by atoms with Crippen molar-refractivity contribution in [2.24, 2.45) is 0 Å². The average molecular weight is 421 g/mol. The maximum absolute atomic E-state index is 12.3. The third-order valence-corrected chi connectivity index (χ3v) is 4.78. The number of nitro groups is 1. The van der Waals surface area contributed by atoms with Gasteiger partial charge in [-0.05, 0) is 35.2 Å². The minimum absolute atomic E-state index is 0.0178. The van der Waals surface area contributed by atoms with Crippen LogP contribution in [0.3, 0.4) is 0 Å². The number of nitrogens with zero attached hydrogens (tertiary/aromatic N) is 2. The number of H-pyrrole nitrogens is 1. The van der Waals surface area contributed by atoms with Gasteiger partial charge in [-0.3, -0.25) is 24.5 Å². The number of hydrogen-bond acceptors (Lipinski definition) is 5. The van der Waals surface area contributed by atoms with Gasteiger partial charge in [-0.25, -0.2) is 4.79 Å². The van der Waals surface area contributed by atoms with Crippen LogP contribution in [0.1, 0.15) is 37.5 Å². The van der Waals surface area contributed by atoms with Gasteiger partial charge in [0, 0.05) is 35.5 Å². The van der Waals surface area contributed by atoms with Crippen molar-refractivity contribution < 1.29 is 9.66 Å². The molecule has 1 heterocycles. The fraction of sp³-hybridized carbons (Fsp3) is 0.217. The summed E-state index contributed by atoms with van der Waals surface area (Å²) in [6.07, 6.45) is 5.07. The standard InChI is InChI=1S/C23H23N3O5/c1-23(2,3)19-14-18(25-12-11-20(27)24-22(25)28)13-16(21(19)31-4)8-5-15-6-9-17(10-7-15)26(29)30/h5-14H,1-4H3,(H,24,27,28). The van der Waals surface area contributed by atoms with Crippen LogP contribution in [-0.4, -0.2) is 21.6 Å². The molecule has 0 saturated heterocycles. The van der Waals surface area contributed by atoms with Crippen LogP contribution in [0.5, 0.6) is 5.75 Å². The molecule has 0 radical (unpaired) electrons. The number of nitrogens with one attached hydrogen (secondary N) is 1. The van der Waals surface area contributed by atoms with Crippen molar-refractivity contribution in [2.75, 3.05) is 7.11 Å². The van der Waals surface area contributed by atoms with Gasteiger partial charge in [-0.2, -0.15) is 0 Å². The predicted octanol–water partition coefficient (Wildman–Crippen LogP) is 3.91. The predicted molar refractivity (Wildman–Crippen MR) is 120 cm³/mol. The van der Waals surface area contributed by atoms with E-state index >= 15 is 0 Å². The van der Waals surface area contributed by atoms with Crippen LogP contribution in [0.4, 0.5) is 5.69 Å². The van der Waals surface area contributed by atoms with Gasteiger partial charge in [0.15, 0.2) is 0 Å². The lowest BCUT2D eigenvalue weighted by Crippen LogP contribution is -2.28. The molecule has 0 fully saturated rings. The van der Waals surface area contributed by atoms with E-state index in [0.717, 1.165) is 16.7 Å². The first-order chi connectivity index (χ1) is 14.6. The minimum Gasteiger partial charge on any atom is -0.496 e. The topological polar surface area (TPSA) is 107 Å². The van der Waals surface area contributed by atoms with Crippen molar-refractivity contribution in [1.29, 1.82) is 0 Å². The van der Waals surface area contributed by atoms with Crippen LogP contribution < -0.4 is 16.0 Å². The number of rotatable bonds is 5. The number of hydrogen-bond donors (Lipinski definition) is 1. The van der Waals surface area contributed by atoms with Gasteiger partial charge in [-0.15, -0.1) is 0 Å². The molecule has 0 aliphatic rings. The Kier molecular flexibility index (Phi) is 5.92. The smallest absolute Gasteiger partial charge is 0.332 e. The molecule has 2 aromatic carbocycles. The maximum Gasteiger partial charge on any atom is 0.332 e. The third kappa shape index (κ3) is 4.80. The van der Waals surface area contributed by atoms with Gasteiger partial charge in [0.2, 0.25) is 0 Å². The van der Waals surface area contributed by atoms with E-state index in [1.807, 2.05) is 39.0 Å². The zero-order valence-electron chi connectivity index (χ0n) is 17.7. The largest absolute Gasteiger partial charge is 0.496 e. The highest BCUT2D eigenvalue weighted by molar-refractivity contribution is 5.75. The lowest BCUT2D eigenvalue weighted by atomic mass is 9.84. The number of nitro benzene ring substituents is 1. The van der Waals surface area contributed by atoms with Crippen LogP contribution in [0.15, 0.2) is 58.3 Å². The second-order valence-corrected chi connectivity index (χ2v) is 8.03. The Hall–Kier alpha value is -3.94. The molecule has 0 amide bonds. The van der Waals surface area contributed by atoms with Crippen LogP contribution in [0, 0.1) is 10.1 Å². The molecule has 0 saturated carbocycles. The number of benzene rings is 2. The first-order valence-corrected chi connectivity index (χ1v) is 9.57. The summed E-state index contributed by atoms with van der Waals surface area (Å²) in [4.78, 5) is 36.5. The highest BCUT2D eigenvalue weighted by atomic mass is 16.6. The third-order valence-electron chi connectivity index (χ3n) is 4.78. The first kappa shape index (κ1) is 21.8. The highest BCUT2D eigenvalue weighted by Crippen LogP contribution is 2.37. The van der Waals surface area contributed by atoms with Gasteiger partial charge in [0.1, 0.15) is 5.75 Å². The molecule has 0 aliphatic heterocycles. The molecular formula is C23H23N3O5. The number of aromatic nitrogens is 2. The molecule has 0 atom stereocenters. The quantitative estimate of drug-likeness (QED) is 0.382. The second kappa shape index (κ2) is 8.43. The van der Waals surface area contributed by atoms with Crippen molar-refractivity contribution in [3.63, 3.8) is 0 Å². The molecule has 0 aliphatic carbocycles. The molecule has 0 unspecified atom stereocenters. The van der Waals surface area contributed by atoms with Crippen LogP contribution in [0.25, 0.3) is 17.8 Å². The summed E-state index contributed by atoms with van der Waals surface area (Å²) in [6, 6.07) is 11.1. The van der Waals surface area contributed by atoms with Gasteiger partial charge in [0.05, 0.1) is 17.7 Å². The Labute approximate surface area is 178 Å². The van der Waals surface area contributed by atoms with E-state index in [1.165, 1.54) is 29.0 Å². The lowest BCUT2D eigenvalue weighted by molar-refractivity contribution is -0.384. The number of ether oxygens (including phenoxy) is 1. The fourth-order valence-corrected chi connectivity index (χ4v) is 3.20. The monoisotopic (exact) mass is 421 g/mol. The Balaban J connectivity index is 2.16. The molecule has 1 N–H and O–H groups in total. The van der Waals surface area contributed by atoms with E-state index < -0.39 is 16.2 Å². The van der Waals surface area contributed by atoms with Crippen molar-refractivity contribution in [1.82, 2.24) is 9.55 Å². The van der Waals surface area contributed by atoms with Crippen LogP contribution in [0.2, 0.25) is 0 Å². The normalized spacial score (nSPS) is 11.6. The fourth-order valence-electron chi connectivity index (χ4n) is 3.20. The molecule has 0 spiro atoms. The maximum atomic E-state index is 12.3. The van der Waals surface area contributed by atoms with E-state index in [-0.39, 0.29) is 11.1 Å². The summed E-state index contributed by atoms with van der Waals surface area (Å²) in [7, 11) is 1.58. The summed E-state index contributed by atoms with van der Waals surface area (Å²) in [5.74, 6) is 0.659. The van der Waals surface area contributed by atoms with Crippen molar-refractivity contribution >= 4 is 17.8 Å². The molecular weight excluding hydrogens is 398 g/mol. The van der Waals surface area contributed by atoms with E-state index in [1.54, 1.807) is 25.3 Å². The van der Waals surface area contributed by atoms with E-state index in [9.17, 15) is 19.7 Å². The summed E-state index contributed by atoms with van der Waals surface area (Å²) in [5.41, 5.74) is 1.68. The lowest BCUT2D eigenvalue weighted by Gasteiger charge is -2.25. The minimum atomic E-state index is -0.539. The molecule has 3 rings (SSSR count). The molecule has 1 aromatic heterocycles. The van der Waals surface area contributed by atoms with Crippen molar-refractivity contribution in [2.45, 2.75) is 26.2 Å². The molecule has 0 bridgehead atoms. The van der Waals surface area contributed by atoms with Gasteiger partial charge in [-0.1, -0.05) is 32.9 Å². The highest BCUT2D eigenvalue weighted by Gasteiger charge is 2.22. The van der Waals surface area contributed by atoms with Gasteiger partial charge >= 0.3 is 5.69 Å². The Morgan fingerprint density at radius 3 is 2.29 bits per heavy atom. The summed E-state index contributed by atoms with van der Waals surface area (Å²) >= 11 is 0. The van der Waals surface area contributed by atoms with E-state index in [4.69, 9.17) is 4.74 Å². The molecule has 3 aromatic rings. The number of aromatic amines is 1. The SMILES string of the molecule is COc1c(C=Cc2ccc([N+](=O)[O-])cc2)cc(-n2ccc(=O)[nH]c2=O)cc1C(C)(C)C. The Morgan fingerprint density at radius 2 is 1.74 bits per heavy atom. The van der Waals surface area contributed by atoms with Crippen LogP contribution in [-0.2, 0) is 5.41 Å². The molecule has 8 nitrogen and oxygen atoms in total. The van der Waals surface area contributed by atoms with Crippen molar-refractivity contribution in [3.8, 4) is 11.4 Å². The van der Waals surface area contributed by atoms with Crippen molar-refractivity contribution in [3.05, 3.63) is 96.3 Å². The Bertz CT molecular complexity index is 1260. The molecule has 160 valence electrons. The first-order valence-electron chi connectivity index (χ1n) is 9.57. The zero-order chi connectivity index (χ0) is 22.8. The molecule has 31 heavy (non-hydrogen) atoms. The van der Waals surface area contributed by atoms with Gasteiger partial charge in [0.25, 0.3) is 11.2 Å². The molecule has 8 heteroatoms. The number of non-ortho nitro benzene ring substituents is 1. The summed E-state index contributed by atoms with van der Waals surface area (Å²) in [6.45, 7) is 6.11.